The Hall–Kier alpha value is -7.74. The first-order valence-corrected chi connectivity index (χ1v) is 21.7. The van der Waals surface area contributed by atoms with Crippen LogP contribution >= 0.6 is 0 Å². The monoisotopic (exact) mass is 789 g/mol. The number of anilines is 3. The molecule has 0 aliphatic heterocycles. The summed E-state index contributed by atoms with van der Waals surface area (Å²) < 4.78 is 0. The third-order valence-electron chi connectivity index (χ3n) is 13.4. The SMILES string of the molecule is CC1(C)c2ccccc2-c2ccc(N(c3ccccc3)c3ccc(-c4cc(-c5ccccc5)cc(-c5ccc(-c6ccc7ccc8cccc9ccc6c7c89)cc5)c4)cc3)cc21. The Kier molecular flexibility index (Phi) is 8.27. The van der Waals surface area contributed by atoms with Crippen molar-refractivity contribution < 1.29 is 0 Å². The molecule has 1 nitrogen and oxygen atoms in total. The van der Waals surface area contributed by atoms with E-state index < -0.39 is 0 Å². The lowest BCUT2D eigenvalue weighted by Gasteiger charge is -2.28. The van der Waals surface area contributed by atoms with Crippen molar-refractivity contribution in [3.63, 3.8) is 0 Å². The molecule has 0 heterocycles. The van der Waals surface area contributed by atoms with Gasteiger partial charge in [0.2, 0.25) is 0 Å². The van der Waals surface area contributed by atoms with E-state index in [4.69, 9.17) is 0 Å². The van der Waals surface area contributed by atoms with Crippen LogP contribution in [0, 0.1) is 0 Å². The molecular formula is C61H43N. The van der Waals surface area contributed by atoms with Gasteiger partial charge in [-0.1, -0.05) is 184 Å². The first-order chi connectivity index (χ1) is 30.5. The molecule has 11 aromatic carbocycles. The number of nitrogens with zero attached hydrogens (tertiary/aromatic N) is 1. The molecule has 11 aromatic rings. The number of hydrogen-bond acceptors (Lipinski definition) is 1. The molecule has 0 unspecified atom stereocenters. The molecule has 0 spiro atoms. The van der Waals surface area contributed by atoms with E-state index in [0.717, 1.165) is 17.1 Å². The van der Waals surface area contributed by atoms with Gasteiger partial charge in [-0.2, -0.15) is 0 Å². The highest BCUT2D eigenvalue weighted by molar-refractivity contribution is 6.25. The van der Waals surface area contributed by atoms with Gasteiger partial charge in [0, 0.05) is 22.5 Å². The molecule has 292 valence electrons. The van der Waals surface area contributed by atoms with Gasteiger partial charge >= 0.3 is 0 Å². The third-order valence-corrected chi connectivity index (χ3v) is 13.4. The molecule has 0 aromatic heterocycles. The maximum atomic E-state index is 2.40. The van der Waals surface area contributed by atoms with Gasteiger partial charge in [0.15, 0.2) is 0 Å². The summed E-state index contributed by atoms with van der Waals surface area (Å²) in [4.78, 5) is 2.39. The van der Waals surface area contributed by atoms with Crippen LogP contribution in [-0.2, 0) is 5.41 Å². The summed E-state index contributed by atoms with van der Waals surface area (Å²) in [5.74, 6) is 0. The van der Waals surface area contributed by atoms with Crippen molar-refractivity contribution in [1.29, 1.82) is 0 Å². The maximum absolute atomic E-state index is 2.40. The Balaban J connectivity index is 0.922. The Morgan fingerprint density at radius 2 is 0.774 bits per heavy atom. The highest BCUT2D eigenvalue weighted by Crippen LogP contribution is 2.51. The van der Waals surface area contributed by atoms with Gasteiger partial charge in [-0.3, -0.25) is 0 Å². The van der Waals surface area contributed by atoms with Gasteiger partial charge in [-0.25, -0.2) is 0 Å². The van der Waals surface area contributed by atoms with Crippen LogP contribution in [-0.4, -0.2) is 0 Å². The van der Waals surface area contributed by atoms with Gasteiger partial charge in [0.05, 0.1) is 0 Å². The Bertz CT molecular complexity index is 3440. The first-order valence-electron chi connectivity index (χ1n) is 21.7. The van der Waals surface area contributed by atoms with Crippen molar-refractivity contribution in [2.24, 2.45) is 0 Å². The summed E-state index contributed by atoms with van der Waals surface area (Å²) >= 11 is 0. The second kappa shape index (κ2) is 14.2. The fourth-order valence-electron chi connectivity index (χ4n) is 10.2. The van der Waals surface area contributed by atoms with Crippen LogP contribution in [0.3, 0.4) is 0 Å². The standard InChI is InChI=1S/C61H43N/c1-61(2)57-19-10-9-18-54(57)55-35-32-52(39-58(55)61)62(50-16-7-4-8-17-50)51-30-26-42(27-31-51)49-37-47(40-12-5-3-6-13-40)36-48(38-49)41-20-22-43(23-21-41)53-33-28-46-25-24-44-14-11-15-45-29-34-56(53)60(46)59(44)45/h3-39H,1-2H3. The summed E-state index contributed by atoms with van der Waals surface area (Å²) in [7, 11) is 0. The molecular weight excluding hydrogens is 747 g/mol. The second-order valence-electron chi connectivity index (χ2n) is 17.3. The largest absolute Gasteiger partial charge is 0.310 e. The number of rotatable bonds is 7. The van der Waals surface area contributed by atoms with Crippen molar-refractivity contribution in [3.05, 3.63) is 236 Å². The minimum Gasteiger partial charge on any atom is -0.310 e. The molecule has 0 saturated heterocycles. The Morgan fingerprint density at radius 3 is 1.47 bits per heavy atom. The predicted molar refractivity (Wildman–Crippen MR) is 264 cm³/mol. The quantitative estimate of drug-likeness (QED) is 0.145. The molecule has 0 amide bonds. The molecule has 62 heavy (non-hydrogen) atoms. The smallest absolute Gasteiger partial charge is 0.0465 e. The zero-order chi connectivity index (χ0) is 41.4. The zero-order valence-electron chi connectivity index (χ0n) is 34.8. The van der Waals surface area contributed by atoms with Gasteiger partial charge in [-0.05, 0) is 154 Å². The van der Waals surface area contributed by atoms with Gasteiger partial charge in [0.25, 0.3) is 0 Å². The molecule has 1 aliphatic rings. The van der Waals surface area contributed by atoms with E-state index in [0.29, 0.717) is 0 Å². The summed E-state index contributed by atoms with van der Waals surface area (Å²) in [6.07, 6.45) is 0. The van der Waals surface area contributed by atoms with Gasteiger partial charge in [0.1, 0.15) is 0 Å². The summed E-state index contributed by atoms with van der Waals surface area (Å²) in [5.41, 5.74) is 18.4. The average Bonchev–Trinajstić information content (AvgIpc) is 3.56. The van der Waals surface area contributed by atoms with Crippen LogP contribution < -0.4 is 4.90 Å². The molecule has 0 N–H and O–H groups in total. The van der Waals surface area contributed by atoms with Crippen LogP contribution in [0.15, 0.2) is 224 Å². The van der Waals surface area contributed by atoms with E-state index in [1.165, 1.54) is 99.1 Å². The highest BCUT2D eigenvalue weighted by atomic mass is 15.1. The van der Waals surface area contributed by atoms with Gasteiger partial charge in [-0.15, -0.1) is 0 Å². The van der Waals surface area contributed by atoms with Crippen molar-refractivity contribution in [2.45, 2.75) is 19.3 Å². The highest BCUT2D eigenvalue weighted by Gasteiger charge is 2.35. The normalized spacial score (nSPS) is 12.8. The zero-order valence-corrected chi connectivity index (χ0v) is 34.8. The summed E-state index contributed by atoms with van der Waals surface area (Å²) in [6.45, 7) is 4.70. The first kappa shape index (κ1) is 36.1. The molecule has 0 bridgehead atoms. The molecule has 0 fully saturated rings. The fraction of sp³-hybridized carbons (Fsp3) is 0.0492. The lowest BCUT2D eigenvalue weighted by Crippen LogP contribution is -2.16. The minimum atomic E-state index is -0.0838. The van der Waals surface area contributed by atoms with Crippen LogP contribution in [0.2, 0.25) is 0 Å². The van der Waals surface area contributed by atoms with E-state index in [1.54, 1.807) is 0 Å². The lowest BCUT2D eigenvalue weighted by atomic mass is 9.82. The number of para-hydroxylation sites is 1. The topological polar surface area (TPSA) is 3.24 Å². The van der Waals surface area contributed by atoms with Crippen LogP contribution in [0.25, 0.3) is 88.0 Å². The molecule has 0 radical (unpaired) electrons. The summed E-state index contributed by atoms with van der Waals surface area (Å²) in [6, 6.07) is 82.9. The van der Waals surface area contributed by atoms with E-state index in [-0.39, 0.29) is 5.41 Å². The van der Waals surface area contributed by atoms with Crippen LogP contribution in [0.4, 0.5) is 17.1 Å². The van der Waals surface area contributed by atoms with Crippen molar-refractivity contribution in [3.8, 4) is 55.6 Å². The lowest BCUT2D eigenvalue weighted by molar-refractivity contribution is 0.660. The molecule has 1 heteroatoms. The van der Waals surface area contributed by atoms with E-state index >= 15 is 0 Å². The van der Waals surface area contributed by atoms with Crippen LogP contribution in [0.5, 0.6) is 0 Å². The fourth-order valence-corrected chi connectivity index (χ4v) is 10.2. The van der Waals surface area contributed by atoms with E-state index in [9.17, 15) is 0 Å². The Labute approximate surface area is 363 Å². The number of fused-ring (bicyclic) bond motifs is 3. The van der Waals surface area contributed by atoms with E-state index in [2.05, 4.69) is 243 Å². The number of benzene rings is 11. The van der Waals surface area contributed by atoms with E-state index in [1.807, 2.05) is 0 Å². The third kappa shape index (κ3) is 5.85. The van der Waals surface area contributed by atoms with Crippen molar-refractivity contribution in [2.75, 3.05) is 4.90 Å². The predicted octanol–water partition coefficient (Wildman–Crippen LogP) is 17.0. The molecule has 0 saturated carbocycles. The van der Waals surface area contributed by atoms with Crippen molar-refractivity contribution in [1.82, 2.24) is 0 Å². The maximum Gasteiger partial charge on any atom is 0.0465 e. The van der Waals surface area contributed by atoms with Gasteiger partial charge < -0.3 is 4.90 Å². The second-order valence-corrected chi connectivity index (χ2v) is 17.3. The molecule has 1 aliphatic carbocycles. The Morgan fingerprint density at radius 1 is 0.290 bits per heavy atom. The minimum absolute atomic E-state index is 0.0838. The molecule has 0 atom stereocenters. The molecule has 12 rings (SSSR count). The summed E-state index contributed by atoms with van der Waals surface area (Å²) in [5, 5.41) is 7.87. The average molecular weight is 790 g/mol. The van der Waals surface area contributed by atoms with Crippen molar-refractivity contribution >= 4 is 49.4 Å². The van der Waals surface area contributed by atoms with Crippen LogP contribution in [0.1, 0.15) is 25.0 Å². The number of hydrogen-bond donors (Lipinski definition) is 0.